The molecular weight excluding hydrogens is 500 g/mol. The van der Waals surface area contributed by atoms with E-state index in [0.717, 1.165) is 29.2 Å². The van der Waals surface area contributed by atoms with E-state index in [9.17, 15) is 14.7 Å². The monoisotopic (exact) mass is 544 g/mol. The molecule has 38 heavy (non-hydrogen) atoms. The lowest BCUT2D eigenvalue weighted by Gasteiger charge is -2.17. The third kappa shape index (κ3) is 11.0. The van der Waals surface area contributed by atoms with E-state index in [2.05, 4.69) is 13.8 Å². The van der Waals surface area contributed by atoms with Gasteiger partial charge in [0.05, 0.1) is 25.7 Å². The third-order valence-corrected chi connectivity index (χ3v) is 7.59. The number of hydrogen-bond acceptors (Lipinski definition) is 6. The van der Waals surface area contributed by atoms with Crippen molar-refractivity contribution in [3.8, 4) is 17.2 Å². The molecule has 0 saturated carbocycles. The minimum atomic E-state index is -0.966. The van der Waals surface area contributed by atoms with Gasteiger partial charge < -0.3 is 19.3 Å². The molecule has 0 radical (unpaired) electrons. The second kappa shape index (κ2) is 17.8. The highest BCUT2D eigenvalue weighted by Gasteiger charge is 2.15. The Labute approximate surface area is 232 Å². The number of methoxy groups -OCH3 is 1. The van der Waals surface area contributed by atoms with Crippen molar-refractivity contribution in [1.29, 1.82) is 0 Å². The van der Waals surface area contributed by atoms with E-state index in [0.29, 0.717) is 29.6 Å². The van der Waals surface area contributed by atoms with E-state index >= 15 is 0 Å². The maximum atomic E-state index is 12.0. The number of thioether (sulfide) groups is 1. The number of carbonyl (C=O) groups excluding carboxylic acids is 1. The van der Waals surface area contributed by atoms with Crippen molar-refractivity contribution in [1.82, 2.24) is 0 Å². The molecule has 2 aromatic carbocycles. The van der Waals surface area contributed by atoms with E-state index in [1.807, 2.05) is 0 Å². The number of benzene rings is 2. The second-order valence-corrected chi connectivity index (χ2v) is 10.6. The highest BCUT2D eigenvalue weighted by molar-refractivity contribution is 7.98. The summed E-state index contributed by atoms with van der Waals surface area (Å²) in [4.78, 5) is 23.6. The summed E-state index contributed by atoms with van der Waals surface area (Å²) in [5.41, 5.74) is 1.80. The van der Waals surface area contributed by atoms with Crippen LogP contribution in [0, 0.1) is 5.92 Å². The molecule has 0 bridgehead atoms. The Bertz CT molecular complexity index is 998. The van der Waals surface area contributed by atoms with Gasteiger partial charge in [-0.1, -0.05) is 58.4 Å². The number of esters is 1. The van der Waals surface area contributed by atoms with E-state index in [-0.39, 0.29) is 18.0 Å². The molecule has 0 spiro atoms. The highest BCUT2D eigenvalue weighted by atomic mass is 32.2. The standard InChI is InChI=1S/C31H44O6S/c1-5-8-11-23(12-9-6-2)13-10-18-38-22-26-21-25(31(33)34)15-17-27(26)37-29-19-24(14-16-28(29)35-4)20-30(32)36-7-3/h14-17,19,21,23H,5-13,18,20,22H2,1-4H3,(H,33,34). The van der Waals surface area contributed by atoms with E-state index in [4.69, 9.17) is 14.2 Å². The topological polar surface area (TPSA) is 82.1 Å². The lowest BCUT2D eigenvalue weighted by molar-refractivity contribution is -0.142. The molecule has 6 nitrogen and oxygen atoms in total. The van der Waals surface area contributed by atoms with Crippen LogP contribution in [0.2, 0.25) is 0 Å². The van der Waals surface area contributed by atoms with Gasteiger partial charge in [0.25, 0.3) is 0 Å². The summed E-state index contributed by atoms with van der Waals surface area (Å²) < 4.78 is 16.8. The number of carboxylic acids is 1. The Morgan fingerprint density at radius 2 is 1.58 bits per heavy atom. The van der Waals surface area contributed by atoms with Crippen LogP contribution in [0.4, 0.5) is 0 Å². The van der Waals surface area contributed by atoms with Crippen LogP contribution in [0.1, 0.15) is 93.6 Å². The lowest BCUT2D eigenvalue weighted by Crippen LogP contribution is -2.07. The van der Waals surface area contributed by atoms with Gasteiger partial charge in [-0.15, -0.1) is 0 Å². The van der Waals surface area contributed by atoms with E-state index < -0.39 is 5.97 Å². The van der Waals surface area contributed by atoms with Crippen LogP contribution in [0.5, 0.6) is 17.2 Å². The normalized spacial score (nSPS) is 11.0. The minimum Gasteiger partial charge on any atom is -0.493 e. The fourth-order valence-electron chi connectivity index (χ4n) is 4.41. The van der Waals surface area contributed by atoms with Crippen molar-refractivity contribution in [2.24, 2.45) is 5.92 Å². The number of aromatic carboxylic acids is 1. The van der Waals surface area contributed by atoms with Gasteiger partial charge >= 0.3 is 11.9 Å². The molecule has 0 atom stereocenters. The number of rotatable bonds is 19. The number of unbranched alkanes of at least 4 members (excludes halogenated alkanes) is 2. The van der Waals surface area contributed by atoms with Gasteiger partial charge in [-0.05, 0) is 67.3 Å². The van der Waals surface area contributed by atoms with Crippen LogP contribution in [0.25, 0.3) is 0 Å². The molecule has 0 unspecified atom stereocenters. The summed E-state index contributed by atoms with van der Waals surface area (Å²) in [6, 6.07) is 10.3. The Hall–Kier alpha value is -2.67. The Morgan fingerprint density at radius 3 is 2.21 bits per heavy atom. The molecule has 0 aliphatic carbocycles. The summed E-state index contributed by atoms with van der Waals surface area (Å²) in [6.07, 6.45) is 10.3. The largest absolute Gasteiger partial charge is 0.493 e. The SMILES string of the molecule is CCCCC(CCCC)CCCSCc1cc(C(=O)O)ccc1Oc1cc(CC(=O)OCC)ccc1OC. The van der Waals surface area contributed by atoms with Crippen molar-refractivity contribution in [2.45, 2.75) is 84.3 Å². The number of hydrogen-bond donors (Lipinski definition) is 1. The van der Waals surface area contributed by atoms with Crippen LogP contribution in [-0.2, 0) is 21.7 Å². The molecule has 0 aromatic heterocycles. The minimum absolute atomic E-state index is 0.131. The van der Waals surface area contributed by atoms with Crippen LogP contribution in [-0.4, -0.2) is 36.5 Å². The van der Waals surface area contributed by atoms with Crippen molar-refractivity contribution >= 4 is 23.7 Å². The quantitative estimate of drug-likeness (QED) is 0.141. The number of carbonyl (C=O) groups is 2. The fourth-order valence-corrected chi connectivity index (χ4v) is 5.37. The van der Waals surface area contributed by atoms with Crippen LogP contribution < -0.4 is 9.47 Å². The molecule has 0 heterocycles. The average molecular weight is 545 g/mol. The molecule has 0 fully saturated rings. The van der Waals surface area contributed by atoms with Gasteiger partial charge in [0.1, 0.15) is 5.75 Å². The molecule has 1 N–H and O–H groups in total. The van der Waals surface area contributed by atoms with Gasteiger partial charge in [0, 0.05) is 11.3 Å². The highest BCUT2D eigenvalue weighted by Crippen LogP contribution is 2.36. The summed E-state index contributed by atoms with van der Waals surface area (Å²) in [5, 5.41) is 9.54. The van der Waals surface area contributed by atoms with E-state index in [1.165, 1.54) is 44.9 Å². The first-order valence-corrected chi connectivity index (χ1v) is 15.0. The summed E-state index contributed by atoms with van der Waals surface area (Å²) in [7, 11) is 1.56. The zero-order valence-electron chi connectivity index (χ0n) is 23.4. The molecular formula is C31H44O6S. The average Bonchev–Trinajstić information content (AvgIpc) is 2.90. The van der Waals surface area contributed by atoms with Gasteiger partial charge in [-0.25, -0.2) is 4.79 Å². The molecule has 2 rings (SSSR count). The zero-order valence-corrected chi connectivity index (χ0v) is 24.2. The maximum absolute atomic E-state index is 12.0. The zero-order chi connectivity index (χ0) is 27.8. The van der Waals surface area contributed by atoms with Crippen molar-refractivity contribution in [3.05, 3.63) is 53.1 Å². The lowest BCUT2D eigenvalue weighted by atomic mass is 9.92. The number of carboxylic acid groups (broad SMARTS) is 1. The predicted octanol–water partition coefficient (Wildman–Crippen LogP) is 8.30. The van der Waals surface area contributed by atoms with Gasteiger partial charge in [0.15, 0.2) is 11.5 Å². The Kier molecular flexibility index (Phi) is 14.8. The first-order chi connectivity index (χ1) is 18.4. The van der Waals surface area contributed by atoms with Crippen molar-refractivity contribution in [2.75, 3.05) is 19.5 Å². The predicted molar refractivity (Wildman–Crippen MR) is 155 cm³/mol. The molecule has 0 aliphatic rings. The van der Waals surface area contributed by atoms with Gasteiger partial charge in [-0.3, -0.25) is 4.79 Å². The maximum Gasteiger partial charge on any atom is 0.335 e. The van der Waals surface area contributed by atoms with Crippen LogP contribution in [0.15, 0.2) is 36.4 Å². The molecule has 210 valence electrons. The summed E-state index contributed by atoms with van der Waals surface area (Å²) >= 11 is 1.80. The Balaban J connectivity index is 2.11. The first-order valence-electron chi connectivity index (χ1n) is 13.9. The molecule has 7 heteroatoms. The van der Waals surface area contributed by atoms with Crippen LogP contribution in [0.3, 0.4) is 0 Å². The third-order valence-electron chi connectivity index (χ3n) is 6.50. The summed E-state index contributed by atoms with van der Waals surface area (Å²) in [5.74, 6) is 2.78. The summed E-state index contributed by atoms with van der Waals surface area (Å²) in [6.45, 7) is 6.61. The first kappa shape index (κ1) is 31.5. The van der Waals surface area contributed by atoms with Crippen molar-refractivity contribution in [3.63, 3.8) is 0 Å². The molecule has 0 saturated heterocycles. The fraction of sp³-hybridized carbons (Fsp3) is 0.548. The molecule has 0 amide bonds. The second-order valence-electron chi connectivity index (χ2n) is 9.54. The van der Waals surface area contributed by atoms with Gasteiger partial charge in [-0.2, -0.15) is 11.8 Å². The van der Waals surface area contributed by atoms with E-state index in [1.54, 1.807) is 62.2 Å². The number of ether oxygens (including phenoxy) is 3. The smallest absolute Gasteiger partial charge is 0.335 e. The Morgan fingerprint density at radius 1 is 0.895 bits per heavy atom. The van der Waals surface area contributed by atoms with Crippen molar-refractivity contribution < 1.29 is 28.9 Å². The molecule has 0 aliphatic heterocycles. The van der Waals surface area contributed by atoms with Crippen LogP contribution >= 0.6 is 11.8 Å². The molecule has 2 aromatic rings. The van der Waals surface area contributed by atoms with Gasteiger partial charge in [0.2, 0.25) is 0 Å².